The summed E-state index contributed by atoms with van der Waals surface area (Å²) in [6.45, 7) is 2.00. The number of halogens is 2. The van der Waals surface area contributed by atoms with Gasteiger partial charge < -0.3 is 14.6 Å². The Hall–Kier alpha value is -2.37. The molecule has 0 unspecified atom stereocenters. The van der Waals surface area contributed by atoms with Gasteiger partial charge in [-0.1, -0.05) is 24.6 Å². The summed E-state index contributed by atoms with van der Waals surface area (Å²) in [4.78, 5) is 13.2. The van der Waals surface area contributed by atoms with Crippen molar-refractivity contribution in [2.45, 2.75) is 38.4 Å². The molecule has 2 fully saturated rings. The average Bonchev–Trinajstić information content (AvgIpc) is 3.39. The van der Waals surface area contributed by atoms with Gasteiger partial charge in [0, 0.05) is 6.07 Å². The van der Waals surface area contributed by atoms with E-state index in [2.05, 4.69) is 0 Å². The third-order valence-electron chi connectivity index (χ3n) is 6.25. The lowest BCUT2D eigenvalue weighted by Crippen LogP contribution is -2.29. The number of allylic oxidation sites excluding steroid dienone is 1. The van der Waals surface area contributed by atoms with Crippen molar-refractivity contribution in [2.24, 2.45) is 11.8 Å². The quantitative estimate of drug-likeness (QED) is 0.719. The smallest absolute Gasteiger partial charge is 0.173 e. The predicted octanol–water partition coefficient (Wildman–Crippen LogP) is 5.48. The first-order valence-corrected chi connectivity index (χ1v) is 10.2. The van der Waals surface area contributed by atoms with E-state index >= 15 is 0 Å². The molecular formula is C23H20ClFO4. The topological polar surface area (TPSA) is 55.8 Å². The summed E-state index contributed by atoms with van der Waals surface area (Å²) in [5, 5.41) is 10.9. The van der Waals surface area contributed by atoms with Crippen LogP contribution in [0.2, 0.25) is 5.02 Å². The predicted molar refractivity (Wildman–Crippen MR) is 107 cm³/mol. The van der Waals surface area contributed by atoms with Crippen molar-refractivity contribution in [3.05, 3.63) is 64.1 Å². The van der Waals surface area contributed by atoms with Gasteiger partial charge >= 0.3 is 0 Å². The summed E-state index contributed by atoms with van der Waals surface area (Å²) >= 11 is 5.84. The minimum absolute atomic E-state index is 0.0254. The summed E-state index contributed by atoms with van der Waals surface area (Å²) in [6.07, 6.45) is 2.29. The van der Waals surface area contributed by atoms with E-state index in [1.165, 1.54) is 18.2 Å². The molecule has 1 N–H and O–H groups in total. The molecule has 0 aromatic heterocycles. The summed E-state index contributed by atoms with van der Waals surface area (Å²) in [7, 11) is 0. The standard InChI is InChI=1S/C23H20ClFO4/c1-2-11-3-4-12(28-13-5-6-16(25)15(24)10-13)9-14(11)19-22(26)20-17-7-8-18(29-17)21(20)23(19)27/h3-6,9-10,17-18,20-21,26H,2,7-8H2,1H3/t17-,18+,20-,21+/m1/s1. The molecule has 150 valence electrons. The lowest BCUT2D eigenvalue weighted by molar-refractivity contribution is -0.118. The molecule has 29 heavy (non-hydrogen) atoms. The SMILES string of the molecule is CCc1ccc(Oc2ccc(F)c(Cl)c2)cc1C1=C(O)[C@H]2[C@@H](C1=O)[C@@H]1CC[C@H]2O1. The van der Waals surface area contributed by atoms with Crippen LogP contribution >= 0.6 is 11.6 Å². The molecule has 4 nitrogen and oxygen atoms in total. The maximum absolute atomic E-state index is 13.4. The number of aliphatic hydroxyl groups is 1. The molecule has 4 atom stereocenters. The van der Waals surface area contributed by atoms with Crippen molar-refractivity contribution in [2.75, 3.05) is 0 Å². The second-order valence-corrected chi connectivity index (χ2v) is 8.22. The van der Waals surface area contributed by atoms with E-state index in [1.54, 1.807) is 12.1 Å². The summed E-state index contributed by atoms with van der Waals surface area (Å²) < 4.78 is 25.1. The Morgan fingerprint density at radius 2 is 1.83 bits per heavy atom. The minimum Gasteiger partial charge on any atom is -0.511 e. The highest BCUT2D eigenvalue weighted by Gasteiger charge is 2.59. The highest BCUT2D eigenvalue weighted by Crippen LogP contribution is 2.54. The van der Waals surface area contributed by atoms with E-state index in [0.717, 1.165) is 18.4 Å². The number of aryl methyl sites for hydroxylation is 1. The van der Waals surface area contributed by atoms with Crippen LogP contribution in [0.25, 0.3) is 5.57 Å². The highest BCUT2D eigenvalue weighted by atomic mass is 35.5. The van der Waals surface area contributed by atoms with Gasteiger partial charge in [-0.3, -0.25) is 4.79 Å². The van der Waals surface area contributed by atoms with Gasteiger partial charge in [0.05, 0.1) is 34.6 Å². The number of ketones is 1. The first-order valence-electron chi connectivity index (χ1n) is 9.87. The number of Topliss-reactive ketones (excluding diaryl/α,β-unsaturated/α-hetero) is 1. The molecule has 5 rings (SSSR count). The van der Waals surface area contributed by atoms with Crippen molar-refractivity contribution in [1.29, 1.82) is 0 Å². The zero-order chi connectivity index (χ0) is 20.3. The molecule has 6 heteroatoms. The Kier molecular flexibility index (Phi) is 4.41. The van der Waals surface area contributed by atoms with E-state index in [4.69, 9.17) is 21.1 Å². The number of fused-ring (bicyclic) bond motifs is 5. The van der Waals surface area contributed by atoms with Crippen LogP contribution in [0.1, 0.15) is 30.9 Å². The first kappa shape index (κ1) is 18.6. The van der Waals surface area contributed by atoms with E-state index < -0.39 is 5.82 Å². The number of benzene rings is 2. The molecule has 0 amide bonds. The fraction of sp³-hybridized carbons (Fsp3) is 0.348. The molecule has 0 spiro atoms. The molecule has 0 radical (unpaired) electrons. The molecule has 1 aliphatic carbocycles. The zero-order valence-electron chi connectivity index (χ0n) is 15.8. The van der Waals surface area contributed by atoms with Crippen LogP contribution in [0.3, 0.4) is 0 Å². The van der Waals surface area contributed by atoms with Gasteiger partial charge in [-0.05, 0) is 54.7 Å². The van der Waals surface area contributed by atoms with Crippen molar-refractivity contribution in [3.63, 3.8) is 0 Å². The summed E-state index contributed by atoms with van der Waals surface area (Å²) in [6, 6.07) is 9.59. The maximum Gasteiger partial charge on any atom is 0.173 e. The Labute approximate surface area is 172 Å². The van der Waals surface area contributed by atoms with Gasteiger partial charge in [0.15, 0.2) is 5.78 Å². The van der Waals surface area contributed by atoms with Crippen LogP contribution in [-0.4, -0.2) is 23.1 Å². The molecule has 2 aliphatic heterocycles. The average molecular weight is 415 g/mol. The largest absolute Gasteiger partial charge is 0.511 e. The number of ether oxygens (including phenoxy) is 2. The molecule has 2 aromatic rings. The van der Waals surface area contributed by atoms with Crippen LogP contribution in [0.4, 0.5) is 4.39 Å². The molecule has 0 saturated carbocycles. The molecular weight excluding hydrogens is 395 g/mol. The number of carbonyl (C=O) groups is 1. The second-order valence-electron chi connectivity index (χ2n) is 7.82. The van der Waals surface area contributed by atoms with Crippen LogP contribution in [-0.2, 0) is 16.0 Å². The fourth-order valence-electron chi connectivity index (χ4n) is 4.92. The van der Waals surface area contributed by atoms with E-state index in [0.29, 0.717) is 29.1 Å². The monoisotopic (exact) mass is 414 g/mol. The van der Waals surface area contributed by atoms with E-state index in [9.17, 15) is 14.3 Å². The summed E-state index contributed by atoms with van der Waals surface area (Å²) in [5.74, 6) is -0.0539. The Morgan fingerprint density at radius 1 is 1.14 bits per heavy atom. The van der Waals surface area contributed by atoms with Crippen molar-refractivity contribution < 1.29 is 23.8 Å². The number of carbonyl (C=O) groups excluding carboxylic acids is 1. The van der Waals surface area contributed by atoms with Gasteiger partial charge in [0.2, 0.25) is 0 Å². The number of rotatable bonds is 4. The molecule has 2 aromatic carbocycles. The van der Waals surface area contributed by atoms with Crippen LogP contribution in [0.5, 0.6) is 11.5 Å². The molecule has 3 aliphatic rings. The van der Waals surface area contributed by atoms with Crippen molar-refractivity contribution in [1.82, 2.24) is 0 Å². The lowest BCUT2D eigenvalue weighted by atomic mass is 9.80. The van der Waals surface area contributed by atoms with Gasteiger partial charge in [-0.25, -0.2) is 4.39 Å². The normalized spacial score (nSPS) is 27.6. The first-order chi connectivity index (χ1) is 14.0. The Morgan fingerprint density at radius 3 is 2.52 bits per heavy atom. The minimum atomic E-state index is -0.518. The fourth-order valence-corrected chi connectivity index (χ4v) is 5.10. The van der Waals surface area contributed by atoms with E-state index in [1.807, 2.05) is 13.0 Å². The Bertz CT molecular complexity index is 1050. The third-order valence-corrected chi connectivity index (χ3v) is 6.54. The maximum atomic E-state index is 13.4. The van der Waals surface area contributed by atoms with E-state index in [-0.39, 0.29) is 40.6 Å². The van der Waals surface area contributed by atoms with Crippen LogP contribution < -0.4 is 4.74 Å². The highest BCUT2D eigenvalue weighted by molar-refractivity contribution is 6.30. The number of hydrogen-bond acceptors (Lipinski definition) is 4. The molecule has 2 bridgehead atoms. The van der Waals surface area contributed by atoms with Gasteiger partial charge in [-0.2, -0.15) is 0 Å². The zero-order valence-corrected chi connectivity index (χ0v) is 16.6. The van der Waals surface area contributed by atoms with Gasteiger partial charge in [0.1, 0.15) is 23.1 Å². The van der Waals surface area contributed by atoms with Crippen molar-refractivity contribution in [3.8, 4) is 11.5 Å². The molecule has 2 saturated heterocycles. The number of aliphatic hydroxyl groups excluding tert-OH is 1. The third kappa shape index (κ3) is 2.87. The van der Waals surface area contributed by atoms with Gasteiger partial charge in [-0.15, -0.1) is 0 Å². The lowest BCUT2D eigenvalue weighted by Gasteiger charge is -2.19. The number of hydrogen-bond donors (Lipinski definition) is 1. The van der Waals surface area contributed by atoms with Gasteiger partial charge in [0.25, 0.3) is 0 Å². The van der Waals surface area contributed by atoms with Crippen molar-refractivity contribution >= 4 is 23.0 Å². The molecule has 2 heterocycles. The summed E-state index contributed by atoms with van der Waals surface area (Å²) in [5.41, 5.74) is 2.03. The Balaban J connectivity index is 1.53. The van der Waals surface area contributed by atoms with Crippen LogP contribution in [0, 0.1) is 17.7 Å². The second kappa shape index (κ2) is 6.85. The van der Waals surface area contributed by atoms with Crippen LogP contribution in [0.15, 0.2) is 42.2 Å².